The number of ether oxygens (including phenoxy) is 4. The Hall–Kier alpha value is -3.00. The molecule has 162 valence electrons. The highest BCUT2D eigenvalue weighted by Gasteiger charge is 2.07. The van der Waals surface area contributed by atoms with Crippen molar-refractivity contribution in [1.29, 1.82) is 0 Å². The van der Waals surface area contributed by atoms with E-state index >= 15 is 0 Å². The third-order valence-corrected chi connectivity index (χ3v) is 4.35. The number of nitrogens with zero attached hydrogens (tertiary/aromatic N) is 1. The zero-order valence-corrected chi connectivity index (χ0v) is 18.8. The predicted molar refractivity (Wildman–Crippen MR) is 124 cm³/mol. The van der Waals surface area contributed by atoms with Gasteiger partial charge in [0.15, 0.2) is 28.1 Å². The molecule has 0 amide bonds. The number of methoxy groups -OCH3 is 3. The van der Waals surface area contributed by atoms with E-state index in [9.17, 15) is 0 Å². The first-order valence-corrected chi connectivity index (χ1v) is 10.0. The van der Waals surface area contributed by atoms with Gasteiger partial charge in [0, 0.05) is 11.8 Å². The van der Waals surface area contributed by atoms with E-state index in [1.54, 1.807) is 39.7 Å². The molecule has 0 saturated carbocycles. The second-order valence-corrected chi connectivity index (χ2v) is 7.24. The average Bonchev–Trinajstić information content (AvgIpc) is 2.74. The molecule has 0 radical (unpaired) electrons. The molecule has 0 bridgehead atoms. The van der Waals surface area contributed by atoms with Crippen molar-refractivity contribution < 1.29 is 18.9 Å². The SMILES string of the molecule is COc1ccc(NC(=S)NN=Cc2ccc(OCCC(C)C)c(OC)c2)cc1OC. The van der Waals surface area contributed by atoms with Gasteiger partial charge in [-0.25, -0.2) is 0 Å². The van der Waals surface area contributed by atoms with Crippen molar-refractivity contribution in [3.63, 3.8) is 0 Å². The van der Waals surface area contributed by atoms with Crippen LogP contribution in [0.3, 0.4) is 0 Å². The monoisotopic (exact) mass is 431 g/mol. The van der Waals surface area contributed by atoms with E-state index in [1.807, 2.05) is 24.3 Å². The number of hydrazone groups is 1. The van der Waals surface area contributed by atoms with E-state index in [0.29, 0.717) is 40.6 Å². The van der Waals surface area contributed by atoms with Gasteiger partial charge in [-0.05, 0) is 60.5 Å². The summed E-state index contributed by atoms with van der Waals surface area (Å²) in [6.07, 6.45) is 2.64. The van der Waals surface area contributed by atoms with E-state index < -0.39 is 0 Å². The van der Waals surface area contributed by atoms with Crippen molar-refractivity contribution in [3.05, 3.63) is 42.0 Å². The Bertz CT molecular complexity index is 871. The molecule has 0 aliphatic rings. The Balaban J connectivity index is 1.93. The summed E-state index contributed by atoms with van der Waals surface area (Å²) in [6.45, 7) is 4.98. The van der Waals surface area contributed by atoms with Crippen LogP contribution in [0.5, 0.6) is 23.0 Å². The number of hydrogen-bond acceptors (Lipinski definition) is 6. The van der Waals surface area contributed by atoms with Crippen LogP contribution in [-0.2, 0) is 0 Å². The molecular weight excluding hydrogens is 402 g/mol. The van der Waals surface area contributed by atoms with Gasteiger partial charge in [-0.1, -0.05) is 13.8 Å². The highest BCUT2D eigenvalue weighted by atomic mass is 32.1. The summed E-state index contributed by atoms with van der Waals surface area (Å²) < 4.78 is 21.7. The number of thiocarbonyl (C=S) groups is 1. The zero-order chi connectivity index (χ0) is 21.9. The summed E-state index contributed by atoms with van der Waals surface area (Å²) in [5.74, 6) is 3.22. The summed E-state index contributed by atoms with van der Waals surface area (Å²) in [7, 11) is 4.79. The van der Waals surface area contributed by atoms with Crippen LogP contribution in [0.25, 0.3) is 0 Å². The lowest BCUT2D eigenvalue weighted by Crippen LogP contribution is -2.23. The van der Waals surface area contributed by atoms with Gasteiger partial charge in [0.25, 0.3) is 0 Å². The Morgan fingerprint density at radius 1 is 0.967 bits per heavy atom. The Morgan fingerprint density at radius 2 is 1.63 bits per heavy atom. The van der Waals surface area contributed by atoms with Gasteiger partial charge in [0.2, 0.25) is 0 Å². The van der Waals surface area contributed by atoms with Gasteiger partial charge < -0.3 is 24.3 Å². The predicted octanol–water partition coefficient (Wildman–Crippen LogP) is 4.46. The topological polar surface area (TPSA) is 73.3 Å². The lowest BCUT2D eigenvalue weighted by Gasteiger charge is -2.12. The van der Waals surface area contributed by atoms with Crippen molar-refractivity contribution in [1.82, 2.24) is 5.43 Å². The molecule has 0 aliphatic heterocycles. The van der Waals surface area contributed by atoms with Crippen molar-refractivity contribution in [2.45, 2.75) is 20.3 Å². The number of rotatable bonds is 10. The minimum absolute atomic E-state index is 0.346. The minimum Gasteiger partial charge on any atom is -0.493 e. The molecule has 0 spiro atoms. The quantitative estimate of drug-likeness (QED) is 0.327. The first-order valence-electron chi connectivity index (χ1n) is 9.59. The second-order valence-electron chi connectivity index (χ2n) is 6.84. The number of anilines is 1. The molecule has 0 heterocycles. The zero-order valence-electron chi connectivity index (χ0n) is 18.0. The fourth-order valence-corrected chi connectivity index (χ4v) is 2.70. The maximum Gasteiger partial charge on any atom is 0.191 e. The standard InChI is InChI=1S/C22H29N3O4S/c1-15(2)10-11-29-19-8-6-16(12-20(19)27-4)14-23-25-22(30)24-17-7-9-18(26-3)21(13-17)28-5/h6-9,12-15H,10-11H2,1-5H3,(H2,24,25,30). The molecule has 2 aromatic carbocycles. The van der Waals surface area contributed by atoms with Gasteiger partial charge in [-0.15, -0.1) is 0 Å². The first kappa shape index (κ1) is 23.3. The fraction of sp³-hybridized carbons (Fsp3) is 0.364. The lowest BCUT2D eigenvalue weighted by molar-refractivity contribution is 0.273. The van der Waals surface area contributed by atoms with Crippen molar-refractivity contribution in [2.24, 2.45) is 11.0 Å². The molecule has 0 fully saturated rings. The Labute approximate surface area is 183 Å². The van der Waals surface area contributed by atoms with Crippen molar-refractivity contribution in [3.8, 4) is 23.0 Å². The highest BCUT2D eigenvalue weighted by Crippen LogP contribution is 2.30. The van der Waals surface area contributed by atoms with Crippen LogP contribution in [0.2, 0.25) is 0 Å². The van der Waals surface area contributed by atoms with E-state index in [0.717, 1.165) is 17.7 Å². The highest BCUT2D eigenvalue weighted by molar-refractivity contribution is 7.80. The van der Waals surface area contributed by atoms with E-state index in [2.05, 4.69) is 29.7 Å². The molecule has 2 aromatic rings. The summed E-state index contributed by atoms with van der Waals surface area (Å²) >= 11 is 5.28. The fourth-order valence-electron chi connectivity index (χ4n) is 2.53. The van der Waals surface area contributed by atoms with Gasteiger partial charge >= 0.3 is 0 Å². The minimum atomic E-state index is 0.346. The van der Waals surface area contributed by atoms with Gasteiger partial charge in [-0.2, -0.15) is 5.10 Å². The molecule has 0 aromatic heterocycles. The Kier molecular flexibility index (Phi) is 9.21. The van der Waals surface area contributed by atoms with Crippen LogP contribution in [-0.4, -0.2) is 39.3 Å². The van der Waals surface area contributed by atoms with E-state index in [-0.39, 0.29) is 0 Å². The largest absolute Gasteiger partial charge is 0.493 e. The lowest BCUT2D eigenvalue weighted by atomic mass is 10.1. The van der Waals surface area contributed by atoms with Gasteiger partial charge in [-0.3, -0.25) is 5.43 Å². The maximum atomic E-state index is 5.80. The molecule has 0 saturated heterocycles. The van der Waals surface area contributed by atoms with Gasteiger partial charge in [0.1, 0.15) is 0 Å². The summed E-state index contributed by atoms with van der Waals surface area (Å²) in [5, 5.41) is 7.56. The maximum absolute atomic E-state index is 5.80. The summed E-state index contributed by atoms with van der Waals surface area (Å²) in [5.41, 5.74) is 4.40. The molecule has 0 unspecified atom stereocenters. The molecule has 2 N–H and O–H groups in total. The van der Waals surface area contributed by atoms with Crippen molar-refractivity contribution in [2.75, 3.05) is 33.3 Å². The number of benzene rings is 2. The van der Waals surface area contributed by atoms with Crippen LogP contribution in [0.1, 0.15) is 25.8 Å². The number of nitrogens with one attached hydrogen (secondary N) is 2. The molecule has 30 heavy (non-hydrogen) atoms. The van der Waals surface area contributed by atoms with Gasteiger partial charge in [0.05, 0.1) is 34.2 Å². The molecular formula is C22H29N3O4S. The van der Waals surface area contributed by atoms with Crippen molar-refractivity contribution >= 4 is 29.2 Å². The second kappa shape index (κ2) is 11.9. The van der Waals surface area contributed by atoms with Crippen LogP contribution < -0.4 is 29.7 Å². The molecule has 2 rings (SSSR count). The number of hydrogen-bond donors (Lipinski definition) is 2. The third kappa shape index (κ3) is 7.11. The average molecular weight is 432 g/mol. The molecule has 0 atom stereocenters. The smallest absolute Gasteiger partial charge is 0.191 e. The van der Waals surface area contributed by atoms with Crippen LogP contribution in [0.15, 0.2) is 41.5 Å². The third-order valence-electron chi connectivity index (χ3n) is 4.16. The molecule has 8 heteroatoms. The van der Waals surface area contributed by atoms with Crippen LogP contribution in [0.4, 0.5) is 5.69 Å². The van der Waals surface area contributed by atoms with E-state index in [1.165, 1.54) is 0 Å². The summed E-state index contributed by atoms with van der Waals surface area (Å²) in [4.78, 5) is 0. The summed E-state index contributed by atoms with van der Waals surface area (Å²) in [6, 6.07) is 11.1. The normalized spacial score (nSPS) is 10.7. The first-order chi connectivity index (χ1) is 14.5. The molecule has 7 nitrogen and oxygen atoms in total. The van der Waals surface area contributed by atoms with E-state index in [4.69, 9.17) is 31.2 Å². The Morgan fingerprint density at radius 3 is 2.30 bits per heavy atom. The molecule has 0 aliphatic carbocycles. The van der Waals surface area contributed by atoms with Crippen LogP contribution in [0, 0.1) is 5.92 Å². The van der Waals surface area contributed by atoms with Crippen LogP contribution >= 0.6 is 12.2 Å².